The van der Waals surface area contributed by atoms with Gasteiger partial charge >= 0.3 is 12.1 Å². The number of allylic oxidation sites excluding steroid dienone is 1. The Morgan fingerprint density at radius 3 is 2.32 bits per heavy atom. The van der Waals surface area contributed by atoms with Crippen LogP contribution in [0.25, 0.3) is 0 Å². The number of esters is 1. The lowest BCUT2D eigenvalue weighted by atomic mass is 9.89. The van der Waals surface area contributed by atoms with Crippen molar-refractivity contribution in [2.24, 2.45) is 5.92 Å². The molecule has 1 fully saturated rings. The van der Waals surface area contributed by atoms with Gasteiger partial charge in [0, 0.05) is 20.0 Å². The van der Waals surface area contributed by atoms with Gasteiger partial charge in [0.15, 0.2) is 17.7 Å². The zero-order valence-electron chi connectivity index (χ0n) is 21.2. The summed E-state index contributed by atoms with van der Waals surface area (Å²) < 4.78 is 10.5. The van der Waals surface area contributed by atoms with Crippen LogP contribution >= 0.6 is 0 Å². The third-order valence-corrected chi connectivity index (χ3v) is 6.11. The lowest BCUT2D eigenvalue weighted by molar-refractivity contribution is -0.158. The number of ketones is 2. The number of rotatable bonds is 13. The fourth-order valence-corrected chi connectivity index (χ4v) is 4.24. The number of amides is 2. The first-order valence-electron chi connectivity index (χ1n) is 12.4. The highest BCUT2D eigenvalue weighted by molar-refractivity contribution is 6.04. The van der Waals surface area contributed by atoms with Crippen molar-refractivity contribution < 1.29 is 38.6 Å². The van der Waals surface area contributed by atoms with E-state index in [4.69, 9.17) is 14.6 Å². The monoisotopic (exact) mass is 521 g/mol. The number of ether oxygens (including phenoxy) is 2. The van der Waals surface area contributed by atoms with Crippen molar-refractivity contribution in [1.82, 2.24) is 4.90 Å². The molecule has 0 aliphatic carbocycles. The van der Waals surface area contributed by atoms with E-state index in [0.29, 0.717) is 24.0 Å². The minimum atomic E-state index is -1.58. The van der Waals surface area contributed by atoms with Gasteiger partial charge in [-0.1, -0.05) is 60.7 Å². The third-order valence-electron chi connectivity index (χ3n) is 6.11. The Hall–Kier alpha value is -4.11. The number of hydrogen-bond donors (Lipinski definition) is 1. The second-order valence-corrected chi connectivity index (χ2v) is 8.92. The van der Waals surface area contributed by atoms with Crippen molar-refractivity contribution in [1.29, 1.82) is 0 Å². The Labute approximate surface area is 221 Å². The fraction of sp³-hybridized carbons (Fsp3) is 0.345. The van der Waals surface area contributed by atoms with Gasteiger partial charge in [-0.25, -0.2) is 9.69 Å². The molecule has 0 bridgehead atoms. The van der Waals surface area contributed by atoms with Gasteiger partial charge in [-0.05, 0) is 42.5 Å². The number of imide groups is 1. The van der Waals surface area contributed by atoms with E-state index in [1.54, 1.807) is 60.7 Å². The summed E-state index contributed by atoms with van der Waals surface area (Å²) in [5.41, 5.74) is 1.36. The summed E-state index contributed by atoms with van der Waals surface area (Å²) in [4.78, 5) is 65.1. The molecule has 3 atom stereocenters. The fourth-order valence-electron chi connectivity index (χ4n) is 4.24. The van der Waals surface area contributed by atoms with Gasteiger partial charge in [0.05, 0.1) is 5.92 Å². The molecule has 1 N–H and O–H groups in total. The predicted octanol–water partition coefficient (Wildman–Crippen LogP) is 3.35. The Morgan fingerprint density at radius 2 is 1.68 bits per heavy atom. The van der Waals surface area contributed by atoms with E-state index < -0.39 is 41.8 Å². The molecule has 0 radical (unpaired) electrons. The van der Waals surface area contributed by atoms with Crippen LogP contribution in [0, 0.1) is 5.92 Å². The number of nitrogens with zero attached hydrogens (tertiary/aromatic N) is 1. The highest BCUT2D eigenvalue weighted by Gasteiger charge is 2.46. The summed E-state index contributed by atoms with van der Waals surface area (Å²) >= 11 is 0. The van der Waals surface area contributed by atoms with E-state index in [1.807, 2.05) is 0 Å². The van der Waals surface area contributed by atoms with E-state index in [-0.39, 0.29) is 31.8 Å². The number of carbonyl (C=O) groups is 5. The molecule has 0 unspecified atom stereocenters. The van der Waals surface area contributed by atoms with Crippen LogP contribution in [0.5, 0.6) is 0 Å². The number of unbranched alkanes of at least 4 members (excludes halogenated alkanes) is 1. The Kier molecular flexibility index (Phi) is 10.5. The molecule has 1 aliphatic heterocycles. The van der Waals surface area contributed by atoms with Crippen molar-refractivity contribution in [2.45, 2.75) is 44.8 Å². The van der Waals surface area contributed by atoms with Gasteiger partial charge in [-0.3, -0.25) is 19.2 Å². The van der Waals surface area contributed by atoms with Crippen molar-refractivity contribution in [2.75, 3.05) is 13.2 Å². The van der Waals surface area contributed by atoms with E-state index in [1.165, 1.54) is 0 Å². The summed E-state index contributed by atoms with van der Waals surface area (Å²) in [6, 6.07) is 17.0. The molecule has 9 heteroatoms. The average Bonchev–Trinajstić information content (AvgIpc) is 3.31. The molecule has 1 heterocycles. The third kappa shape index (κ3) is 7.69. The molecule has 0 spiro atoms. The normalized spacial score (nSPS) is 16.6. The Bertz CT molecular complexity index is 1160. The van der Waals surface area contributed by atoms with Gasteiger partial charge in [-0.15, -0.1) is 0 Å². The van der Waals surface area contributed by atoms with Crippen molar-refractivity contribution in [3.63, 3.8) is 0 Å². The maximum absolute atomic E-state index is 14.0. The van der Waals surface area contributed by atoms with Gasteiger partial charge in [-0.2, -0.15) is 0 Å². The number of carbonyl (C=O) groups excluding carboxylic acids is 5. The standard InChI is InChI=1S/C29H31NO8/c1-20(32)38-27(26(34)16-15-23(33)14-8-9-17-31)24(18-21-10-4-2-5-11-21)28(35)30-25(19-37-29(30)36)22-12-6-3-7-13-22/h2-7,10-13,15-16,24-25,27,31H,8-9,14,17-19H2,1H3/t24-,25+,27-/m0/s1. The topological polar surface area (TPSA) is 127 Å². The van der Waals surface area contributed by atoms with Crippen LogP contribution in [-0.4, -0.2) is 58.9 Å². The minimum Gasteiger partial charge on any atom is -0.453 e. The molecule has 0 aromatic heterocycles. The highest BCUT2D eigenvalue weighted by Crippen LogP contribution is 2.31. The lowest BCUT2D eigenvalue weighted by Gasteiger charge is -2.29. The number of aliphatic hydroxyl groups excluding tert-OH is 1. The van der Waals surface area contributed by atoms with E-state index in [9.17, 15) is 24.0 Å². The molecule has 9 nitrogen and oxygen atoms in total. The van der Waals surface area contributed by atoms with Crippen molar-refractivity contribution >= 4 is 29.5 Å². The predicted molar refractivity (Wildman–Crippen MR) is 137 cm³/mol. The van der Waals surface area contributed by atoms with Crippen LogP contribution in [0.15, 0.2) is 72.8 Å². The molecule has 2 amide bonds. The quantitative estimate of drug-likeness (QED) is 0.242. The number of benzene rings is 2. The second kappa shape index (κ2) is 14.0. The van der Waals surface area contributed by atoms with Crippen LogP contribution in [-0.2, 0) is 35.1 Å². The van der Waals surface area contributed by atoms with Crippen LogP contribution in [0.1, 0.15) is 43.4 Å². The van der Waals surface area contributed by atoms with Crippen molar-refractivity contribution in [3.8, 4) is 0 Å². The van der Waals surface area contributed by atoms with Gasteiger partial charge < -0.3 is 14.6 Å². The summed E-state index contributed by atoms with van der Waals surface area (Å²) in [6.45, 7) is 1.02. The molecule has 2 aromatic carbocycles. The molecule has 1 saturated heterocycles. The maximum Gasteiger partial charge on any atom is 0.417 e. The van der Waals surface area contributed by atoms with Gasteiger partial charge in [0.2, 0.25) is 5.91 Å². The summed E-state index contributed by atoms with van der Waals surface area (Å²) in [5, 5.41) is 8.89. The number of aliphatic hydroxyl groups is 1. The maximum atomic E-state index is 14.0. The average molecular weight is 522 g/mol. The van der Waals surface area contributed by atoms with E-state index in [2.05, 4.69) is 0 Å². The zero-order chi connectivity index (χ0) is 27.5. The number of cyclic esters (lactones) is 1. The van der Waals surface area contributed by atoms with Crippen LogP contribution in [0.2, 0.25) is 0 Å². The minimum absolute atomic E-state index is 0.00701. The summed E-state index contributed by atoms with van der Waals surface area (Å²) in [5.74, 6) is -3.88. The molecule has 1 aliphatic rings. The first-order chi connectivity index (χ1) is 18.3. The molecule has 200 valence electrons. The molecular formula is C29H31NO8. The second-order valence-electron chi connectivity index (χ2n) is 8.92. The smallest absolute Gasteiger partial charge is 0.417 e. The van der Waals surface area contributed by atoms with E-state index in [0.717, 1.165) is 24.0 Å². The highest BCUT2D eigenvalue weighted by atomic mass is 16.6. The zero-order valence-corrected chi connectivity index (χ0v) is 21.2. The number of hydrogen-bond acceptors (Lipinski definition) is 8. The molecular weight excluding hydrogens is 490 g/mol. The Balaban J connectivity index is 1.95. The van der Waals surface area contributed by atoms with Gasteiger partial charge in [0.1, 0.15) is 12.6 Å². The summed E-state index contributed by atoms with van der Waals surface area (Å²) in [6.07, 6.45) is 0.672. The lowest BCUT2D eigenvalue weighted by Crippen LogP contribution is -2.47. The molecule has 38 heavy (non-hydrogen) atoms. The van der Waals surface area contributed by atoms with Crippen LogP contribution in [0.3, 0.4) is 0 Å². The molecule has 0 saturated carbocycles. The van der Waals surface area contributed by atoms with Crippen molar-refractivity contribution in [3.05, 3.63) is 83.9 Å². The van der Waals surface area contributed by atoms with Crippen LogP contribution < -0.4 is 0 Å². The molecule has 3 rings (SSSR count). The molecule has 2 aromatic rings. The van der Waals surface area contributed by atoms with Gasteiger partial charge in [0.25, 0.3) is 0 Å². The Morgan fingerprint density at radius 1 is 1.03 bits per heavy atom. The largest absolute Gasteiger partial charge is 0.453 e. The summed E-state index contributed by atoms with van der Waals surface area (Å²) in [7, 11) is 0. The first-order valence-corrected chi connectivity index (χ1v) is 12.4. The van der Waals surface area contributed by atoms with Crippen LogP contribution in [0.4, 0.5) is 4.79 Å². The van der Waals surface area contributed by atoms with E-state index >= 15 is 0 Å². The first kappa shape index (κ1) is 28.5. The SMILES string of the molecule is CC(=O)O[C@H](C(=O)C=CC(=O)CCCCO)[C@H](Cc1ccccc1)C(=O)N1C(=O)OC[C@@H]1c1ccccc1.